The zero-order chi connectivity index (χ0) is 21.2. The molecule has 0 unspecified atom stereocenters. The van der Waals surface area contributed by atoms with Gasteiger partial charge in [0.2, 0.25) is 15.9 Å². The van der Waals surface area contributed by atoms with Crippen molar-refractivity contribution >= 4 is 33.2 Å². The highest BCUT2D eigenvalue weighted by Gasteiger charge is 2.32. The number of halogens is 1. The number of nitrogens with one attached hydrogen (secondary N) is 1. The van der Waals surface area contributed by atoms with Crippen LogP contribution in [0.25, 0.3) is 0 Å². The molecule has 29 heavy (non-hydrogen) atoms. The number of sulfonamides is 1. The summed E-state index contributed by atoms with van der Waals surface area (Å²) >= 11 is 6.09. The Balaban J connectivity index is 1.63. The molecule has 0 bridgehead atoms. The van der Waals surface area contributed by atoms with Crippen molar-refractivity contribution in [3.05, 3.63) is 59.1 Å². The van der Waals surface area contributed by atoms with Gasteiger partial charge < -0.3 is 5.32 Å². The normalized spacial score (nSPS) is 16.6. The largest absolute Gasteiger partial charge is 0.325 e. The van der Waals surface area contributed by atoms with Gasteiger partial charge in [-0.25, -0.2) is 8.42 Å². The van der Waals surface area contributed by atoms with Crippen LogP contribution in [0.2, 0.25) is 5.02 Å². The molecule has 3 rings (SSSR count). The highest BCUT2D eigenvalue weighted by atomic mass is 35.5. The lowest BCUT2D eigenvalue weighted by molar-refractivity contribution is -0.120. The number of carbonyl (C=O) groups excluding carboxylic acids is 1. The molecule has 1 fully saturated rings. The topological polar surface area (TPSA) is 66.5 Å². The van der Waals surface area contributed by atoms with E-state index in [1.165, 1.54) is 4.31 Å². The highest BCUT2D eigenvalue weighted by molar-refractivity contribution is 7.89. The summed E-state index contributed by atoms with van der Waals surface area (Å²) in [6, 6.07) is 14.2. The van der Waals surface area contributed by atoms with Crippen LogP contribution in [0.5, 0.6) is 0 Å². The van der Waals surface area contributed by atoms with Crippen molar-refractivity contribution < 1.29 is 13.2 Å². The van der Waals surface area contributed by atoms with Crippen molar-refractivity contribution in [2.45, 2.75) is 43.9 Å². The number of carbonyl (C=O) groups is 1. The van der Waals surface area contributed by atoms with Crippen LogP contribution in [0.1, 0.15) is 39.2 Å². The van der Waals surface area contributed by atoms with E-state index < -0.39 is 10.0 Å². The molecular formula is C22H27ClN2O3S. The van der Waals surface area contributed by atoms with Crippen molar-refractivity contribution in [1.29, 1.82) is 0 Å². The van der Waals surface area contributed by atoms with Crippen molar-refractivity contribution in [2.24, 2.45) is 5.92 Å². The van der Waals surface area contributed by atoms with Crippen molar-refractivity contribution in [1.82, 2.24) is 4.31 Å². The molecule has 2 aromatic carbocycles. The van der Waals surface area contributed by atoms with E-state index >= 15 is 0 Å². The van der Waals surface area contributed by atoms with Crippen LogP contribution < -0.4 is 5.32 Å². The van der Waals surface area contributed by atoms with Crippen LogP contribution >= 0.6 is 11.6 Å². The molecule has 0 atom stereocenters. The fraction of sp³-hybridized carbons (Fsp3) is 0.409. The summed E-state index contributed by atoms with van der Waals surface area (Å²) in [7, 11) is -3.56. The Hall–Kier alpha value is -1.89. The first-order chi connectivity index (χ1) is 13.6. The summed E-state index contributed by atoms with van der Waals surface area (Å²) in [5, 5.41) is 3.33. The number of anilines is 1. The van der Waals surface area contributed by atoms with Gasteiger partial charge in [-0.2, -0.15) is 4.31 Å². The van der Waals surface area contributed by atoms with E-state index in [1.54, 1.807) is 30.3 Å². The SMILES string of the molecule is CC(C)(C)c1ccc(S(=O)(=O)N2CCC(C(=O)Nc3ccccc3Cl)CC2)cc1. The maximum atomic E-state index is 13.0. The zero-order valence-electron chi connectivity index (χ0n) is 17.0. The predicted molar refractivity (Wildman–Crippen MR) is 117 cm³/mol. The van der Waals surface area contributed by atoms with Crippen molar-refractivity contribution in [3.8, 4) is 0 Å². The summed E-state index contributed by atoms with van der Waals surface area (Å²) in [6.07, 6.45) is 0.963. The standard InChI is InChI=1S/C22H27ClN2O3S/c1-22(2,3)17-8-10-18(11-9-17)29(27,28)25-14-12-16(13-15-25)21(26)24-20-7-5-4-6-19(20)23/h4-11,16H,12-15H2,1-3H3,(H,24,26). The fourth-order valence-electron chi connectivity index (χ4n) is 3.43. The van der Waals surface area contributed by atoms with Crippen LogP contribution in [-0.2, 0) is 20.2 Å². The number of para-hydroxylation sites is 1. The molecule has 1 heterocycles. The average molecular weight is 435 g/mol. The Bertz CT molecular complexity index is 974. The Morgan fingerprint density at radius 2 is 1.62 bits per heavy atom. The van der Waals surface area contributed by atoms with E-state index in [0.29, 0.717) is 41.5 Å². The van der Waals surface area contributed by atoms with E-state index in [4.69, 9.17) is 11.6 Å². The molecule has 5 nitrogen and oxygen atoms in total. The predicted octanol–water partition coefficient (Wildman–Crippen LogP) is 4.68. The van der Waals surface area contributed by atoms with Crippen LogP contribution in [0.4, 0.5) is 5.69 Å². The number of hydrogen-bond acceptors (Lipinski definition) is 3. The average Bonchev–Trinajstić information content (AvgIpc) is 2.69. The number of piperidine rings is 1. The Morgan fingerprint density at radius 3 is 2.17 bits per heavy atom. The van der Waals surface area contributed by atoms with E-state index in [1.807, 2.05) is 18.2 Å². The first kappa shape index (κ1) is 21.8. The van der Waals surface area contributed by atoms with Gasteiger partial charge in [-0.3, -0.25) is 4.79 Å². The molecule has 156 valence electrons. The molecule has 0 radical (unpaired) electrons. The molecule has 1 aliphatic rings. The van der Waals surface area contributed by atoms with E-state index in [2.05, 4.69) is 26.1 Å². The van der Waals surface area contributed by atoms with Crippen LogP contribution in [0, 0.1) is 5.92 Å². The molecule has 0 aromatic heterocycles. The summed E-state index contributed by atoms with van der Waals surface area (Å²) in [4.78, 5) is 12.8. The Kier molecular flexibility index (Phi) is 6.36. The minimum atomic E-state index is -3.56. The van der Waals surface area contributed by atoms with Gasteiger partial charge in [-0.15, -0.1) is 0 Å². The maximum Gasteiger partial charge on any atom is 0.243 e. The minimum Gasteiger partial charge on any atom is -0.325 e. The van der Waals surface area contributed by atoms with Gasteiger partial charge in [0.05, 0.1) is 15.6 Å². The zero-order valence-corrected chi connectivity index (χ0v) is 18.6. The smallest absolute Gasteiger partial charge is 0.243 e. The number of rotatable bonds is 4. The van der Waals surface area contributed by atoms with Crippen molar-refractivity contribution in [3.63, 3.8) is 0 Å². The molecule has 7 heteroatoms. The third-order valence-corrected chi connectivity index (χ3v) is 7.56. The Labute approximate surface area is 178 Å². The quantitative estimate of drug-likeness (QED) is 0.759. The second-order valence-corrected chi connectivity index (χ2v) is 10.8. The van der Waals surface area contributed by atoms with Gasteiger partial charge in [0.1, 0.15) is 0 Å². The monoisotopic (exact) mass is 434 g/mol. The summed E-state index contributed by atoms with van der Waals surface area (Å²) < 4.78 is 27.4. The van der Waals surface area contributed by atoms with Crippen LogP contribution in [-0.4, -0.2) is 31.7 Å². The van der Waals surface area contributed by atoms with Crippen LogP contribution in [0.3, 0.4) is 0 Å². The third-order valence-electron chi connectivity index (χ3n) is 5.31. The summed E-state index contributed by atoms with van der Waals surface area (Å²) in [6.45, 7) is 6.92. The molecule has 0 saturated carbocycles. The lowest BCUT2D eigenvalue weighted by atomic mass is 9.87. The van der Waals surface area contributed by atoms with Gasteiger partial charge in [0, 0.05) is 19.0 Å². The number of nitrogens with zero attached hydrogens (tertiary/aromatic N) is 1. The molecule has 0 aliphatic carbocycles. The van der Waals surface area contributed by atoms with Gasteiger partial charge in [-0.1, -0.05) is 56.6 Å². The molecule has 1 N–H and O–H groups in total. The van der Waals surface area contributed by atoms with Gasteiger partial charge in [-0.05, 0) is 48.1 Å². The van der Waals surface area contributed by atoms with E-state index in [-0.39, 0.29) is 17.2 Å². The molecule has 2 aromatic rings. The number of amides is 1. The third kappa shape index (κ3) is 5.00. The van der Waals surface area contributed by atoms with E-state index in [9.17, 15) is 13.2 Å². The van der Waals surface area contributed by atoms with Gasteiger partial charge in [0.25, 0.3) is 0 Å². The molecule has 0 spiro atoms. The molecule has 1 amide bonds. The second kappa shape index (κ2) is 8.46. The fourth-order valence-corrected chi connectivity index (χ4v) is 5.08. The van der Waals surface area contributed by atoms with Gasteiger partial charge >= 0.3 is 0 Å². The number of hydrogen-bond donors (Lipinski definition) is 1. The first-order valence-corrected chi connectivity index (χ1v) is 11.6. The first-order valence-electron chi connectivity index (χ1n) is 9.75. The minimum absolute atomic E-state index is 0.0321. The summed E-state index contributed by atoms with van der Waals surface area (Å²) in [5.74, 6) is -0.356. The Morgan fingerprint density at radius 1 is 1.03 bits per heavy atom. The van der Waals surface area contributed by atoms with Gasteiger partial charge in [0.15, 0.2) is 0 Å². The highest BCUT2D eigenvalue weighted by Crippen LogP contribution is 2.28. The maximum absolute atomic E-state index is 13.0. The second-order valence-electron chi connectivity index (χ2n) is 8.42. The number of benzene rings is 2. The van der Waals surface area contributed by atoms with Crippen molar-refractivity contribution in [2.75, 3.05) is 18.4 Å². The van der Waals surface area contributed by atoms with E-state index in [0.717, 1.165) is 5.56 Å². The van der Waals surface area contributed by atoms with Crippen LogP contribution in [0.15, 0.2) is 53.4 Å². The lowest BCUT2D eigenvalue weighted by Gasteiger charge is -2.30. The summed E-state index contributed by atoms with van der Waals surface area (Å²) in [5.41, 5.74) is 1.63. The lowest BCUT2D eigenvalue weighted by Crippen LogP contribution is -2.41. The molecule has 1 aliphatic heterocycles. The molecule has 1 saturated heterocycles. The molecular weight excluding hydrogens is 408 g/mol.